The lowest BCUT2D eigenvalue weighted by atomic mass is 9.77. The fraction of sp³-hybridized carbons (Fsp3) is 0.294. The Hall–Kier alpha value is -4.81. The van der Waals surface area contributed by atoms with Gasteiger partial charge in [0.2, 0.25) is 0 Å². The summed E-state index contributed by atoms with van der Waals surface area (Å²) in [5, 5.41) is 20.7. The summed E-state index contributed by atoms with van der Waals surface area (Å²) in [5.74, 6) is -2.07. The minimum atomic E-state index is -1.27. The summed E-state index contributed by atoms with van der Waals surface area (Å²) >= 11 is 1.34. The maximum atomic E-state index is 14.3. The first-order valence-corrected chi connectivity index (χ1v) is 15.7. The number of non-ortho nitro benzene ring substituents is 1. The van der Waals surface area contributed by atoms with Gasteiger partial charge >= 0.3 is 11.9 Å². The standard InChI is InChI=1S/C34H33N3O8S/c1-21(2)34(35-18-23-14-16-26(17-15-23)37(42)43)32(41)36-29(27(20-46-33(34)36)28(19-38)44-22(3)39)31(40)45-30(24-10-6-4-7-11-24)25-12-8-5-9-13-25/h4-18,21,28,30,33,38H,19-20H2,1-3H3/t28?,33-,34+/m1/s1. The Kier molecular flexibility index (Phi) is 9.68. The molecule has 0 aromatic heterocycles. The summed E-state index contributed by atoms with van der Waals surface area (Å²) in [7, 11) is 0. The van der Waals surface area contributed by atoms with E-state index in [2.05, 4.69) is 0 Å². The Labute approximate surface area is 270 Å². The van der Waals surface area contributed by atoms with Gasteiger partial charge in [-0.1, -0.05) is 74.5 Å². The molecule has 0 aliphatic carbocycles. The maximum absolute atomic E-state index is 14.3. The Balaban J connectivity index is 1.55. The molecule has 1 unspecified atom stereocenters. The number of carbonyl (C=O) groups is 3. The zero-order chi connectivity index (χ0) is 33.0. The maximum Gasteiger partial charge on any atom is 0.356 e. The van der Waals surface area contributed by atoms with Crippen molar-refractivity contribution in [3.8, 4) is 0 Å². The van der Waals surface area contributed by atoms with Crippen LogP contribution in [-0.2, 0) is 23.9 Å². The van der Waals surface area contributed by atoms with Crippen molar-refractivity contribution in [2.24, 2.45) is 10.9 Å². The van der Waals surface area contributed by atoms with E-state index < -0.39 is 52.5 Å². The SMILES string of the molecule is CC(=O)OC(CO)C1=C(C(=O)OC(c2ccccc2)c2ccccc2)N2C(=O)[C@@](N=Cc3ccc([N+](=O)[O-])cc3)(C(C)C)[C@H]2SC1. The zero-order valence-corrected chi connectivity index (χ0v) is 26.3. The Morgan fingerprint density at radius 1 is 1.04 bits per heavy atom. The highest BCUT2D eigenvalue weighted by molar-refractivity contribution is 8.00. The number of thioether (sulfide) groups is 1. The summed E-state index contributed by atoms with van der Waals surface area (Å²) in [5.41, 5.74) is 0.824. The van der Waals surface area contributed by atoms with Crippen molar-refractivity contribution in [3.63, 3.8) is 0 Å². The lowest BCUT2D eigenvalue weighted by Crippen LogP contribution is -2.75. The van der Waals surface area contributed by atoms with Gasteiger partial charge in [-0.2, -0.15) is 0 Å². The van der Waals surface area contributed by atoms with E-state index >= 15 is 0 Å². The third kappa shape index (κ3) is 6.18. The number of aliphatic imine (C=N–C) groups is 1. The first-order chi connectivity index (χ1) is 22.1. The van der Waals surface area contributed by atoms with E-state index in [1.165, 1.54) is 41.9 Å². The van der Waals surface area contributed by atoms with Crippen LogP contribution >= 0.6 is 11.8 Å². The van der Waals surface area contributed by atoms with Crippen LogP contribution in [0.15, 0.2) is 101 Å². The molecule has 12 heteroatoms. The van der Waals surface area contributed by atoms with Gasteiger partial charge < -0.3 is 14.6 Å². The topological polar surface area (TPSA) is 149 Å². The predicted molar refractivity (Wildman–Crippen MR) is 172 cm³/mol. The van der Waals surface area contributed by atoms with Crippen LogP contribution in [-0.4, -0.2) is 68.4 Å². The quantitative estimate of drug-likeness (QED) is 0.102. The lowest BCUT2D eigenvalue weighted by Gasteiger charge is -2.57. The number of amides is 1. The molecule has 2 aliphatic rings. The van der Waals surface area contributed by atoms with Crippen LogP contribution in [0.1, 0.15) is 43.6 Å². The number of hydrogen-bond acceptors (Lipinski definition) is 10. The van der Waals surface area contributed by atoms with E-state index in [0.29, 0.717) is 16.7 Å². The number of nitro benzene ring substituents is 1. The van der Waals surface area contributed by atoms with Crippen LogP contribution in [0.5, 0.6) is 0 Å². The molecular weight excluding hydrogens is 610 g/mol. The summed E-state index contributed by atoms with van der Waals surface area (Å²) in [6.45, 7) is 4.31. The number of nitrogens with zero attached hydrogens (tertiary/aromatic N) is 3. The summed E-state index contributed by atoms with van der Waals surface area (Å²) in [6, 6.07) is 24.2. The molecule has 1 amide bonds. The van der Waals surface area contributed by atoms with Gasteiger partial charge in [0.25, 0.3) is 11.6 Å². The molecule has 1 N–H and O–H groups in total. The van der Waals surface area contributed by atoms with Gasteiger partial charge in [-0.3, -0.25) is 29.6 Å². The van der Waals surface area contributed by atoms with Crippen molar-refractivity contribution in [3.05, 3.63) is 123 Å². The van der Waals surface area contributed by atoms with E-state index in [1.54, 1.807) is 12.1 Å². The number of benzene rings is 3. The van der Waals surface area contributed by atoms with E-state index in [9.17, 15) is 29.6 Å². The number of esters is 2. The van der Waals surface area contributed by atoms with Gasteiger partial charge in [0, 0.05) is 36.6 Å². The van der Waals surface area contributed by atoms with Crippen molar-refractivity contribution in [1.29, 1.82) is 0 Å². The molecule has 11 nitrogen and oxygen atoms in total. The summed E-state index contributed by atoms with van der Waals surface area (Å²) < 4.78 is 11.6. The number of nitro groups is 1. The molecular formula is C34H33N3O8S. The van der Waals surface area contributed by atoms with Gasteiger partial charge in [0.15, 0.2) is 11.6 Å². The van der Waals surface area contributed by atoms with Crippen LogP contribution in [0.4, 0.5) is 5.69 Å². The van der Waals surface area contributed by atoms with Crippen LogP contribution < -0.4 is 0 Å². The molecule has 5 rings (SSSR count). The molecule has 0 spiro atoms. The number of hydrogen-bond donors (Lipinski definition) is 1. The van der Waals surface area contributed by atoms with Gasteiger partial charge in [-0.15, -0.1) is 11.8 Å². The largest absolute Gasteiger partial charge is 0.455 e. The highest BCUT2D eigenvalue weighted by Crippen LogP contribution is 2.52. The molecule has 3 aromatic carbocycles. The molecule has 1 saturated heterocycles. The Morgan fingerprint density at radius 2 is 1.63 bits per heavy atom. The monoisotopic (exact) mass is 643 g/mol. The van der Waals surface area contributed by atoms with E-state index in [-0.39, 0.29) is 28.6 Å². The number of fused-ring (bicyclic) bond motifs is 1. The first kappa shape index (κ1) is 32.6. The average Bonchev–Trinajstić information content (AvgIpc) is 3.06. The van der Waals surface area contributed by atoms with Gasteiger partial charge in [-0.25, -0.2) is 4.79 Å². The lowest BCUT2D eigenvalue weighted by molar-refractivity contribution is -0.384. The van der Waals surface area contributed by atoms with Gasteiger partial charge in [0.05, 0.1) is 11.5 Å². The smallest absolute Gasteiger partial charge is 0.356 e. The van der Waals surface area contributed by atoms with Crippen LogP contribution in [0, 0.1) is 16.0 Å². The second-order valence-electron chi connectivity index (χ2n) is 11.2. The minimum Gasteiger partial charge on any atom is -0.455 e. The van der Waals surface area contributed by atoms with Crippen molar-refractivity contribution < 1.29 is 33.9 Å². The van der Waals surface area contributed by atoms with Crippen molar-refractivity contribution >= 4 is 41.5 Å². The molecule has 1 fully saturated rings. The molecule has 2 aliphatic heterocycles. The predicted octanol–water partition coefficient (Wildman–Crippen LogP) is 4.83. The number of rotatable bonds is 11. The average molecular weight is 644 g/mol. The van der Waals surface area contributed by atoms with Crippen molar-refractivity contribution in [2.45, 2.75) is 43.9 Å². The fourth-order valence-electron chi connectivity index (χ4n) is 5.65. The number of β-lactam (4-membered cyclic amide) rings is 1. The molecule has 3 atom stereocenters. The van der Waals surface area contributed by atoms with Gasteiger partial charge in [0.1, 0.15) is 17.2 Å². The van der Waals surface area contributed by atoms with E-state index in [4.69, 9.17) is 14.5 Å². The summed E-state index contributed by atoms with van der Waals surface area (Å²) in [4.78, 5) is 57.1. The molecule has 2 heterocycles. The third-order valence-electron chi connectivity index (χ3n) is 8.01. The fourth-order valence-corrected chi connectivity index (χ4v) is 7.35. The summed E-state index contributed by atoms with van der Waals surface area (Å²) in [6.07, 6.45) is -0.484. The number of carbonyl (C=O) groups excluding carboxylic acids is 3. The highest BCUT2D eigenvalue weighted by Gasteiger charge is 2.66. The van der Waals surface area contributed by atoms with E-state index in [0.717, 1.165) is 0 Å². The first-order valence-electron chi connectivity index (χ1n) is 14.6. The van der Waals surface area contributed by atoms with Crippen molar-refractivity contribution in [1.82, 2.24) is 4.90 Å². The Bertz CT molecular complexity index is 1640. The molecule has 3 aromatic rings. The second-order valence-corrected chi connectivity index (χ2v) is 12.3. The van der Waals surface area contributed by atoms with Crippen LogP contribution in [0.3, 0.4) is 0 Å². The number of aliphatic hydroxyl groups is 1. The number of ether oxygens (including phenoxy) is 2. The number of aliphatic hydroxyl groups excluding tert-OH is 1. The highest BCUT2D eigenvalue weighted by atomic mass is 32.2. The third-order valence-corrected chi connectivity index (χ3v) is 9.37. The molecule has 0 bridgehead atoms. The second kappa shape index (κ2) is 13.7. The van der Waals surface area contributed by atoms with Crippen LogP contribution in [0.25, 0.3) is 0 Å². The van der Waals surface area contributed by atoms with Crippen LogP contribution in [0.2, 0.25) is 0 Å². The molecule has 0 radical (unpaired) electrons. The zero-order valence-electron chi connectivity index (χ0n) is 25.4. The Morgan fingerprint density at radius 3 is 2.13 bits per heavy atom. The molecule has 46 heavy (non-hydrogen) atoms. The van der Waals surface area contributed by atoms with E-state index in [1.807, 2.05) is 74.5 Å². The minimum absolute atomic E-state index is 0.0687. The normalized spacial score (nSPS) is 20.0. The van der Waals surface area contributed by atoms with Crippen molar-refractivity contribution in [2.75, 3.05) is 12.4 Å². The molecule has 0 saturated carbocycles. The molecule has 238 valence electrons. The van der Waals surface area contributed by atoms with Gasteiger partial charge in [-0.05, 0) is 34.7 Å².